The van der Waals surface area contributed by atoms with Gasteiger partial charge in [0.05, 0.1) is 0 Å². The Balaban J connectivity index is 3.77. The van der Waals surface area contributed by atoms with Gasteiger partial charge in [-0.25, -0.2) is 4.79 Å². The summed E-state index contributed by atoms with van der Waals surface area (Å²) >= 11 is 0. The molecule has 124 valence electrons. The minimum Gasteiger partial charge on any atom is -0.431 e. The average Bonchev–Trinajstić information content (AvgIpc) is 2.38. The first-order chi connectivity index (χ1) is 9.77. The molecule has 3 heteroatoms. The second-order valence-corrected chi connectivity index (χ2v) is 6.94. The van der Waals surface area contributed by atoms with Crippen molar-refractivity contribution in [2.24, 2.45) is 11.3 Å². The first kappa shape index (κ1) is 20.0. The average molecular weight is 298 g/mol. The van der Waals surface area contributed by atoms with Crippen molar-refractivity contribution in [3.63, 3.8) is 0 Å². The maximum absolute atomic E-state index is 11.5. The van der Waals surface area contributed by atoms with E-state index in [9.17, 15) is 4.79 Å². The fraction of sp³-hybridized carbons (Fsp3) is 0.833. The predicted octanol–water partition coefficient (Wildman–Crippen LogP) is 5.74. The Hall–Kier alpha value is -0.990. The van der Waals surface area contributed by atoms with Crippen molar-refractivity contribution in [1.82, 2.24) is 0 Å². The number of allylic oxidation sites excluding steroid dienone is 1. The van der Waals surface area contributed by atoms with Crippen LogP contribution in [0, 0.1) is 11.3 Å². The lowest BCUT2D eigenvalue weighted by atomic mass is 9.90. The summed E-state index contributed by atoms with van der Waals surface area (Å²) < 4.78 is 10.3. The van der Waals surface area contributed by atoms with Gasteiger partial charge in [0.15, 0.2) is 0 Å². The molecule has 3 nitrogen and oxygen atoms in total. The van der Waals surface area contributed by atoms with Crippen LogP contribution in [0.25, 0.3) is 0 Å². The summed E-state index contributed by atoms with van der Waals surface area (Å²) in [6.45, 7) is 12.7. The summed E-state index contributed by atoms with van der Waals surface area (Å²) in [4.78, 5) is 11.5. The van der Waals surface area contributed by atoms with Crippen molar-refractivity contribution < 1.29 is 14.3 Å². The minimum absolute atomic E-state index is 0.0676. The molecule has 21 heavy (non-hydrogen) atoms. The van der Waals surface area contributed by atoms with Crippen molar-refractivity contribution in [3.8, 4) is 0 Å². The van der Waals surface area contributed by atoms with Crippen molar-refractivity contribution >= 4 is 6.16 Å². The molecule has 0 fully saturated rings. The summed E-state index contributed by atoms with van der Waals surface area (Å²) in [6, 6.07) is 0. The maximum Gasteiger partial charge on any atom is 0.508 e. The molecule has 0 amide bonds. The Bertz CT molecular complexity index is 302. The van der Waals surface area contributed by atoms with Crippen LogP contribution in [-0.4, -0.2) is 18.9 Å². The molecule has 2 unspecified atom stereocenters. The molecular formula is C18H34O3. The zero-order chi connectivity index (χ0) is 16.3. The normalized spacial score (nSPS) is 15.0. The molecule has 0 aromatic heterocycles. The molecule has 0 aromatic rings. The fourth-order valence-electron chi connectivity index (χ4n) is 1.75. The second kappa shape index (κ2) is 10.7. The molecule has 0 N–H and O–H groups in total. The zero-order valence-electron chi connectivity index (χ0n) is 14.8. The third kappa shape index (κ3) is 11.4. The second-order valence-electron chi connectivity index (χ2n) is 6.94. The highest BCUT2D eigenvalue weighted by Gasteiger charge is 2.24. The van der Waals surface area contributed by atoms with E-state index in [1.165, 1.54) is 32.1 Å². The molecule has 0 bridgehead atoms. The van der Waals surface area contributed by atoms with Gasteiger partial charge in [0.1, 0.15) is 12.7 Å². The van der Waals surface area contributed by atoms with Gasteiger partial charge in [-0.1, -0.05) is 72.5 Å². The van der Waals surface area contributed by atoms with E-state index in [2.05, 4.69) is 19.9 Å². The van der Waals surface area contributed by atoms with Gasteiger partial charge in [0, 0.05) is 0 Å². The molecule has 0 saturated heterocycles. The van der Waals surface area contributed by atoms with Gasteiger partial charge in [0.25, 0.3) is 0 Å². The summed E-state index contributed by atoms with van der Waals surface area (Å²) in [5.41, 5.74) is -0.0676. The SMILES string of the molecule is CCCCCCC(C)/C=C\COC(=O)OC(C)C(C)(C)C. The number of carbonyl (C=O) groups excluding carboxylic acids is 1. The molecule has 2 atom stereocenters. The fourth-order valence-corrected chi connectivity index (χ4v) is 1.75. The van der Waals surface area contributed by atoms with Crippen molar-refractivity contribution in [1.29, 1.82) is 0 Å². The summed E-state index contributed by atoms with van der Waals surface area (Å²) in [7, 11) is 0. The first-order valence-electron chi connectivity index (χ1n) is 8.27. The minimum atomic E-state index is -0.585. The first-order valence-corrected chi connectivity index (χ1v) is 8.27. The van der Waals surface area contributed by atoms with Gasteiger partial charge in [0.2, 0.25) is 0 Å². The highest BCUT2D eigenvalue weighted by Crippen LogP contribution is 2.21. The monoisotopic (exact) mass is 298 g/mol. The number of rotatable bonds is 9. The zero-order valence-corrected chi connectivity index (χ0v) is 14.8. The third-order valence-electron chi connectivity index (χ3n) is 3.77. The molecule has 0 aromatic carbocycles. The highest BCUT2D eigenvalue weighted by molar-refractivity contribution is 5.60. The van der Waals surface area contributed by atoms with Gasteiger partial charge in [-0.15, -0.1) is 0 Å². The molecule has 0 aliphatic rings. The topological polar surface area (TPSA) is 35.5 Å². The predicted molar refractivity (Wildman–Crippen MR) is 88.4 cm³/mol. The van der Waals surface area contributed by atoms with Crippen LogP contribution >= 0.6 is 0 Å². The lowest BCUT2D eigenvalue weighted by Gasteiger charge is -2.26. The third-order valence-corrected chi connectivity index (χ3v) is 3.77. The van der Waals surface area contributed by atoms with Crippen LogP contribution in [0.3, 0.4) is 0 Å². The standard InChI is InChI=1S/C18H34O3/c1-7-8-9-10-12-15(2)13-11-14-20-17(19)21-16(3)18(4,5)6/h11,13,15-16H,7-10,12,14H2,1-6H3/b13-11-. The molecule has 0 radical (unpaired) electrons. The maximum atomic E-state index is 11.5. The Morgan fingerprint density at radius 1 is 1.14 bits per heavy atom. The summed E-state index contributed by atoms with van der Waals surface area (Å²) in [6.07, 6.45) is 9.64. The van der Waals surface area contributed by atoms with Crippen LogP contribution in [0.1, 0.15) is 73.6 Å². The van der Waals surface area contributed by atoms with Gasteiger partial charge in [-0.3, -0.25) is 0 Å². The van der Waals surface area contributed by atoms with Gasteiger partial charge < -0.3 is 9.47 Å². The van der Waals surface area contributed by atoms with Crippen LogP contribution in [0.5, 0.6) is 0 Å². The number of ether oxygens (including phenoxy) is 2. The molecule has 0 aliphatic carbocycles. The van der Waals surface area contributed by atoms with Crippen LogP contribution in [0.2, 0.25) is 0 Å². The van der Waals surface area contributed by atoms with E-state index in [0.717, 1.165) is 0 Å². The molecule has 0 rings (SSSR count). The molecule has 0 saturated carbocycles. The number of carbonyl (C=O) groups is 1. The quantitative estimate of drug-likeness (QED) is 0.309. The number of unbranched alkanes of at least 4 members (excludes halogenated alkanes) is 3. The van der Waals surface area contributed by atoms with Crippen LogP contribution in [0.4, 0.5) is 4.79 Å². The lowest BCUT2D eigenvalue weighted by molar-refractivity contribution is -0.00420. The van der Waals surface area contributed by atoms with Crippen LogP contribution in [-0.2, 0) is 9.47 Å². The molecular weight excluding hydrogens is 264 g/mol. The van der Waals surface area contributed by atoms with E-state index < -0.39 is 6.16 Å². The van der Waals surface area contributed by atoms with E-state index in [1.807, 2.05) is 33.8 Å². The largest absolute Gasteiger partial charge is 0.508 e. The summed E-state index contributed by atoms with van der Waals surface area (Å²) in [5.74, 6) is 0.537. The van der Waals surface area contributed by atoms with Gasteiger partial charge in [-0.2, -0.15) is 0 Å². The Labute approximate surface area is 131 Å². The van der Waals surface area contributed by atoms with E-state index in [-0.39, 0.29) is 18.1 Å². The molecule has 0 heterocycles. The van der Waals surface area contributed by atoms with E-state index in [4.69, 9.17) is 9.47 Å². The number of hydrogen-bond donors (Lipinski definition) is 0. The van der Waals surface area contributed by atoms with Crippen molar-refractivity contribution in [3.05, 3.63) is 12.2 Å². The van der Waals surface area contributed by atoms with Crippen molar-refractivity contribution in [2.75, 3.05) is 6.61 Å². The molecule has 0 spiro atoms. The van der Waals surface area contributed by atoms with Crippen molar-refractivity contribution in [2.45, 2.75) is 79.8 Å². The van der Waals surface area contributed by atoms with E-state index in [0.29, 0.717) is 5.92 Å². The van der Waals surface area contributed by atoms with E-state index >= 15 is 0 Å². The highest BCUT2D eigenvalue weighted by atomic mass is 16.7. The van der Waals surface area contributed by atoms with Crippen LogP contribution < -0.4 is 0 Å². The Morgan fingerprint density at radius 3 is 2.38 bits per heavy atom. The lowest BCUT2D eigenvalue weighted by Crippen LogP contribution is -2.29. The molecule has 0 aliphatic heterocycles. The van der Waals surface area contributed by atoms with Gasteiger partial charge in [-0.05, 0) is 24.7 Å². The van der Waals surface area contributed by atoms with E-state index in [1.54, 1.807) is 0 Å². The Kier molecular flexibility index (Phi) is 10.2. The number of hydrogen-bond acceptors (Lipinski definition) is 3. The smallest absolute Gasteiger partial charge is 0.431 e. The van der Waals surface area contributed by atoms with Crippen LogP contribution in [0.15, 0.2) is 12.2 Å². The van der Waals surface area contributed by atoms with Gasteiger partial charge >= 0.3 is 6.16 Å². The Morgan fingerprint density at radius 2 is 1.81 bits per heavy atom. The summed E-state index contributed by atoms with van der Waals surface area (Å²) in [5, 5.41) is 0.